The molecule has 0 saturated heterocycles. The third-order valence-corrected chi connectivity index (χ3v) is 3.18. The highest BCUT2D eigenvalue weighted by molar-refractivity contribution is 5.04. The van der Waals surface area contributed by atoms with Crippen molar-refractivity contribution in [2.75, 3.05) is 20.2 Å². The first-order valence-corrected chi connectivity index (χ1v) is 5.79. The van der Waals surface area contributed by atoms with E-state index in [-0.39, 0.29) is 12.6 Å². The molecular weight excluding hydrogens is 204 g/mol. The predicted molar refractivity (Wildman–Crippen MR) is 61.9 cm³/mol. The van der Waals surface area contributed by atoms with Gasteiger partial charge in [-0.15, -0.1) is 0 Å². The molecular formula is C11H20N4O. The number of aliphatic hydroxyl groups is 1. The number of nitrogens with two attached hydrogens (primary N) is 1. The van der Waals surface area contributed by atoms with Crippen LogP contribution in [0.3, 0.4) is 0 Å². The molecule has 0 aromatic carbocycles. The summed E-state index contributed by atoms with van der Waals surface area (Å²) in [5.74, 6) is 0. The van der Waals surface area contributed by atoms with Gasteiger partial charge < -0.3 is 20.3 Å². The zero-order valence-corrected chi connectivity index (χ0v) is 9.71. The average molecular weight is 224 g/mol. The molecule has 1 unspecified atom stereocenters. The Hall–Kier alpha value is -0.910. The fraction of sp³-hybridized carbons (Fsp3) is 0.727. The second-order valence-corrected chi connectivity index (χ2v) is 4.51. The van der Waals surface area contributed by atoms with Crippen molar-refractivity contribution in [2.45, 2.75) is 31.5 Å². The van der Waals surface area contributed by atoms with Gasteiger partial charge in [-0.05, 0) is 19.9 Å². The normalized spacial score (nSPS) is 18.0. The highest BCUT2D eigenvalue weighted by Crippen LogP contribution is 2.25. The molecule has 1 fully saturated rings. The van der Waals surface area contributed by atoms with Gasteiger partial charge in [0.1, 0.15) is 0 Å². The maximum absolute atomic E-state index is 9.03. The van der Waals surface area contributed by atoms with Crippen LogP contribution in [-0.2, 0) is 6.54 Å². The van der Waals surface area contributed by atoms with Crippen LogP contribution in [0.5, 0.6) is 0 Å². The van der Waals surface area contributed by atoms with Crippen LogP contribution in [0, 0.1) is 0 Å². The van der Waals surface area contributed by atoms with Crippen molar-refractivity contribution >= 4 is 0 Å². The smallest absolute Gasteiger partial charge is 0.0949 e. The summed E-state index contributed by atoms with van der Waals surface area (Å²) < 4.78 is 2.03. The number of nitrogens with zero attached hydrogens (tertiary/aromatic N) is 3. The Balaban J connectivity index is 1.90. The van der Waals surface area contributed by atoms with Crippen LogP contribution in [-0.4, -0.2) is 45.8 Å². The molecule has 0 amide bonds. The molecule has 0 bridgehead atoms. The minimum Gasteiger partial charge on any atom is -0.394 e. The Kier molecular flexibility index (Phi) is 3.58. The van der Waals surface area contributed by atoms with Crippen LogP contribution in [0.15, 0.2) is 12.5 Å². The molecule has 0 aliphatic heterocycles. The van der Waals surface area contributed by atoms with Gasteiger partial charge in [0.15, 0.2) is 0 Å². The maximum atomic E-state index is 9.03. The number of aliphatic hydroxyl groups excluding tert-OH is 1. The largest absolute Gasteiger partial charge is 0.394 e. The van der Waals surface area contributed by atoms with Crippen LogP contribution in [0.1, 0.15) is 24.6 Å². The summed E-state index contributed by atoms with van der Waals surface area (Å²) in [6.07, 6.45) is 6.16. The molecule has 3 N–H and O–H groups in total. The summed E-state index contributed by atoms with van der Waals surface area (Å²) in [5.41, 5.74) is 6.70. The Morgan fingerprint density at radius 2 is 2.44 bits per heavy atom. The molecule has 1 atom stereocenters. The van der Waals surface area contributed by atoms with Crippen molar-refractivity contribution in [3.63, 3.8) is 0 Å². The first-order chi connectivity index (χ1) is 7.72. The van der Waals surface area contributed by atoms with Crippen LogP contribution < -0.4 is 5.73 Å². The number of rotatable bonds is 6. The first-order valence-electron chi connectivity index (χ1n) is 5.79. The van der Waals surface area contributed by atoms with E-state index in [1.54, 1.807) is 12.5 Å². The SMILES string of the molecule is CN(CCn1cncc1C(N)CO)C1CC1. The number of hydrogen-bond donors (Lipinski definition) is 2. The molecule has 1 aromatic heterocycles. The van der Waals surface area contributed by atoms with Gasteiger partial charge in [-0.25, -0.2) is 4.98 Å². The lowest BCUT2D eigenvalue weighted by atomic mass is 10.2. The molecule has 1 aliphatic carbocycles. The van der Waals surface area contributed by atoms with Crippen LogP contribution in [0.2, 0.25) is 0 Å². The van der Waals surface area contributed by atoms with E-state index in [4.69, 9.17) is 10.8 Å². The minimum absolute atomic E-state index is 0.0375. The molecule has 1 saturated carbocycles. The third kappa shape index (κ3) is 2.61. The lowest BCUT2D eigenvalue weighted by Gasteiger charge is -2.18. The molecule has 16 heavy (non-hydrogen) atoms. The quantitative estimate of drug-likeness (QED) is 0.712. The van der Waals surface area contributed by atoms with Crippen molar-refractivity contribution in [2.24, 2.45) is 5.73 Å². The Labute approximate surface area is 95.9 Å². The van der Waals surface area contributed by atoms with Crippen molar-refractivity contribution in [1.29, 1.82) is 0 Å². The third-order valence-electron chi connectivity index (χ3n) is 3.18. The van der Waals surface area contributed by atoms with E-state index in [0.29, 0.717) is 0 Å². The molecule has 0 radical (unpaired) electrons. The zero-order valence-electron chi connectivity index (χ0n) is 9.71. The van der Waals surface area contributed by atoms with E-state index in [0.717, 1.165) is 24.8 Å². The van der Waals surface area contributed by atoms with E-state index >= 15 is 0 Å². The fourth-order valence-electron chi connectivity index (χ4n) is 1.88. The summed E-state index contributed by atoms with van der Waals surface area (Å²) in [6, 6.07) is 0.451. The van der Waals surface area contributed by atoms with Gasteiger partial charge in [0.2, 0.25) is 0 Å². The summed E-state index contributed by atoms with van der Waals surface area (Å²) in [4.78, 5) is 6.45. The van der Waals surface area contributed by atoms with E-state index in [1.807, 2.05) is 4.57 Å². The first kappa shape index (κ1) is 11.6. The molecule has 0 spiro atoms. The van der Waals surface area contributed by atoms with Crippen molar-refractivity contribution in [3.8, 4) is 0 Å². The molecule has 1 heterocycles. The molecule has 5 heteroatoms. The van der Waals surface area contributed by atoms with E-state index < -0.39 is 0 Å². The lowest BCUT2D eigenvalue weighted by molar-refractivity contribution is 0.259. The molecule has 1 aromatic rings. The Bertz CT molecular complexity index is 334. The highest BCUT2D eigenvalue weighted by atomic mass is 16.3. The zero-order chi connectivity index (χ0) is 11.5. The van der Waals surface area contributed by atoms with Crippen LogP contribution in [0.4, 0.5) is 0 Å². The standard InChI is InChI=1S/C11H20N4O/c1-14(9-2-3-9)4-5-15-8-13-6-11(15)10(12)7-16/h6,8-10,16H,2-5,7,12H2,1H3. The summed E-state index contributed by atoms with van der Waals surface area (Å²) >= 11 is 0. The van der Waals surface area contributed by atoms with Gasteiger partial charge in [0.05, 0.1) is 24.7 Å². The monoisotopic (exact) mass is 224 g/mol. The number of aromatic nitrogens is 2. The molecule has 2 rings (SSSR count). The van der Waals surface area contributed by atoms with Crippen molar-refractivity contribution in [3.05, 3.63) is 18.2 Å². The minimum atomic E-state index is -0.325. The average Bonchev–Trinajstić information content (AvgIpc) is 3.04. The van der Waals surface area contributed by atoms with Gasteiger partial charge in [-0.2, -0.15) is 0 Å². The molecule has 90 valence electrons. The number of likely N-dealkylation sites (N-methyl/N-ethyl adjacent to an activating group) is 1. The van der Waals surface area contributed by atoms with Gasteiger partial charge >= 0.3 is 0 Å². The topological polar surface area (TPSA) is 67.3 Å². The summed E-state index contributed by atoms with van der Waals surface area (Å²) in [5, 5.41) is 9.03. The Morgan fingerprint density at radius 3 is 3.06 bits per heavy atom. The second-order valence-electron chi connectivity index (χ2n) is 4.51. The van der Waals surface area contributed by atoms with Crippen LogP contribution >= 0.6 is 0 Å². The number of imidazole rings is 1. The predicted octanol–water partition coefficient (Wildman–Crippen LogP) is -0.0306. The van der Waals surface area contributed by atoms with Crippen molar-refractivity contribution < 1.29 is 5.11 Å². The summed E-state index contributed by atoms with van der Waals surface area (Å²) in [7, 11) is 2.15. The van der Waals surface area contributed by atoms with Gasteiger partial charge in [-0.1, -0.05) is 0 Å². The van der Waals surface area contributed by atoms with E-state index in [2.05, 4.69) is 16.9 Å². The van der Waals surface area contributed by atoms with Gasteiger partial charge in [0, 0.05) is 25.3 Å². The maximum Gasteiger partial charge on any atom is 0.0949 e. The van der Waals surface area contributed by atoms with Crippen LogP contribution in [0.25, 0.3) is 0 Å². The lowest BCUT2D eigenvalue weighted by Crippen LogP contribution is -2.27. The summed E-state index contributed by atoms with van der Waals surface area (Å²) in [6.45, 7) is 1.85. The van der Waals surface area contributed by atoms with E-state index in [1.165, 1.54) is 12.8 Å². The molecule has 1 aliphatic rings. The molecule has 5 nitrogen and oxygen atoms in total. The highest BCUT2D eigenvalue weighted by Gasteiger charge is 2.25. The number of hydrogen-bond acceptors (Lipinski definition) is 4. The fourth-order valence-corrected chi connectivity index (χ4v) is 1.88. The Morgan fingerprint density at radius 1 is 1.69 bits per heavy atom. The van der Waals surface area contributed by atoms with Gasteiger partial charge in [-0.3, -0.25) is 0 Å². The van der Waals surface area contributed by atoms with Gasteiger partial charge in [0.25, 0.3) is 0 Å². The van der Waals surface area contributed by atoms with E-state index in [9.17, 15) is 0 Å². The second kappa shape index (κ2) is 4.95. The van der Waals surface area contributed by atoms with Crippen molar-refractivity contribution in [1.82, 2.24) is 14.5 Å².